The van der Waals surface area contributed by atoms with Crippen LogP contribution in [0.2, 0.25) is 0 Å². The van der Waals surface area contributed by atoms with E-state index in [-0.39, 0.29) is 10.6 Å². The van der Waals surface area contributed by atoms with Crippen LogP contribution < -0.4 is 0 Å². The van der Waals surface area contributed by atoms with Crippen LogP contribution >= 0.6 is 11.3 Å². The lowest BCUT2D eigenvalue weighted by Crippen LogP contribution is -2.13. The molecular weight excluding hydrogens is 296 g/mol. The van der Waals surface area contributed by atoms with E-state index in [4.69, 9.17) is 5.11 Å². The SMILES string of the molecule is Cc1ccc(C)c2c1-c1sc(C(=O)O)cc1CS2(=O)=O. The first-order valence-corrected chi connectivity index (χ1v) is 8.47. The molecular formula is C14H12O4S2. The summed E-state index contributed by atoms with van der Waals surface area (Å²) in [4.78, 5) is 12.4. The third-order valence-electron chi connectivity index (χ3n) is 3.47. The first-order chi connectivity index (χ1) is 9.31. The minimum Gasteiger partial charge on any atom is -0.477 e. The molecule has 3 rings (SSSR count). The molecule has 4 nitrogen and oxygen atoms in total. The van der Waals surface area contributed by atoms with Gasteiger partial charge in [-0.05, 0) is 36.6 Å². The fourth-order valence-electron chi connectivity index (χ4n) is 2.60. The van der Waals surface area contributed by atoms with E-state index in [1.54, 1.807) is 13.0 Å². The maximum absolute atomic E-state index is 12.4. The Morgan fingerprint density at radius 2 is 1.90 bits per heavy atom. The molecule has 0 amide bonds. The second-order valence-corrected chi connectivity index (χ2v) is 7.91. The summed E-state index contributed by atoms with van der Waals surface area (Å²) >= 11 is 1.15. The molecule has 1 aliphatic rings. The van der Waals surface area contributed by atoms with Crippen LogP contribution in [0.15, 0.2) is 23.1 Å². The standard InChI is InChI=1S/C14H12O4S2/c1-7-3-4-8(2)13-11(7)12-9(6-20(13,17)18)5-10(19-12)14(15)16/h3-5H,6H2,1-2H3,(H,15,16). The van der Waals surface area contributed by atoms with Gasteiger partial charge < -0.3 is 5.11 Å². The summed E-state index contributed by atoms with van der Waals surface area (Å²) < 4.78 is 24.9. The number of benzene rings is 1. The highest BCUT2D eigenvalue weighted by Gasteiger charge is 2.33. The van der Waals surface area contributed by atoms with E-state index < -0.39 is 15.8 Å². The molecule has 20 heavy (non-hydrogen) atoms. The van der Waals surface area contributed by atoms with Gasteiger partial charge in [0, 0.05) is 10.4 Å². The summed E-state index contributed by atoms with van der Waals surface area (Å²) in [5, 5.41) is 9.10. The van der Waals surface area contributed by atoms with Gasteiger partial charge in [0.1, 0.15) is 4.88 Å². The number of carbonyl (C=O) groups is 1. The molecule has 0 spiro atoms. The number of hydrogen-bond acceptors (Lipinski definition) is 4. The van der Waals surface area contributed by atoms with Crippen LogP contribution in [0.4, 0.5) is 0 Å². The van der Waals surface area contributed by atoms with Crippen LogP contribution in [-0.2, 0) is 15.6 Å². The molecule has 0 radical (unpaired) electrons. The number of aromatic carboxylic acids is 1. The van der Waals surface area contributed by atoms with Gasteiger partial charge in [-0.3, -0.25) is 0 Å². The summed E-state index contributed by atoms with van der Waals surface area (Å²) in [5.74, 6) is -1.14. The lowest BCUT2D eigenvalue weighted by atomic mass is 10.0. The number of thiophene rings is 1. The van der Waals surface area contributed by atoms with Crippen molar-refractivity contribution in [3.63, 3.8) is 0 Å². The third-order valence-corrected chi connectivity index (χ3v) is 6.49. The zero-order valence-corrected chi connectivity index (χ0v) is 12.6. The Morgan fingerprint density at radius 3 is 2.55 bits per heavy atom. The predicted molar refractivity (Wildman–Crippen MR) is 77.1 cm³/mol. The second-order valence-electron chi connectivity index (χ2n) is 4.93. The summed E-state index contributed by atoms with van der Waals surface area (Å²) in [6.45, 7) is 3.62. The molecule has 0 fully saturated rings. The topological polar surface area (TPSA) is 71.4 Å². The lowest BCUT2D eigenvalue weighted by molar-refractivity contribution is 0.0702. The van der Waals surface area contributed by atoms with Gasteiger partial charge >= 0.3 is 5.97 Å². The van der Waals surface area contributed by atoms with E-state index in [0.29, 0.717) is 21.6 Å². The lowest BCUT2D eigenvalue weighted by Gasteiger charge is -2.20. The van der Waals surface area contributed by atoms with E-state index in [0.717, 1.165) is 21.8 Å². The van der Waals surface area contributed by atoms with Crippen LogP contribution in [0, 0.1) is 13.8 Å². The predicted octanol–water partition coefficient (Wildman–Crippen LogP) is 3.02. The summed E-state index contributed by atoms with van der Waals surface area (Å²) in [6.07, 6.45) is 0. The van der Waals surface area contributed by atoms with E-state index in [1.807, 2.05) is 13.0 Å². The van der Waals surface area contributed by atoms with E-state index in [2.05, 4.69) is 0 Å². The van der Waals surface area contributed by atoms with Crippen molar-refractivity contribution in [1.82, 2.24) is 0 Å². The Morgan fingerprint density at radius 1 is 1.25 bits per heavy atom. The highest BCUT2D eigenvalue weighted by molar-refractivity contribution is 7.91. The van der Waals surface area contributed by atoms with Gasteiger partial charge in [0.15, 0.2) is 9.84 Å². The Balaban J connectivity index is 2.43. The highest BCUT2D eigenvalue weighted by atomic mass is 32.2. The van der Waals surface area contributed by atoms with Gasteiger partial charge in [0.25, 0.3) is 0 Å². The molecule has 2 heterocycles. The van der Waals surface area contributed by atoms with Crippen molar-refractivity contribution in [1.29, 1.82) is 0 Å². The number of sulfone groups is 1. The maximum atomic E-state index is 12.4. The number of aryl methyl sites for hydroxylation is 2. The smallest absolute Gasteiger partial charge is 0.345 e. The Labute approximate surface area is 120 Å². The fourth-order valence-corrected chi connectivity index (χ4v) is 5.80. The molecule has 2 aromatic rings. The number of carboxylic acid groups (broad SMARTS) is 1. The molecule has 0 saturated heterocycles. The maximum Gasteiger partial charge on any atom is 0.345 e. The van der Waals surface area contributed by atoms with Crippen LogP contribution in [0.3, 0.4) is 0 Å². The minimum absolute atomic E-state index is 0.122. The Hall–Kier alpha value is -1.66. The molecule has 0 saturated carbocycles. The average molecular weight is 308 g/mol. The van der Waals surface area contributed by atoms with Crippen molar-refractivity contribution < 1.29 is 18.3 Å². The third kappa shape index (κ3) is 1.79. The highest BCUT2D eigenvalue weighted by Crippen LogP contribution is 2.45. The van der Waals surface area contributed by atoms with Crippen LogP contribution in [-0.4, -0.2) is 19.5 Å². The van der Waals surface area contributed by atoms with Crippen molar-refractivity contribution in [3.05, 3.63) is 39.8 Å². The molecule has 0 unspecified atom stereocenters. The zero-order valence-electron chi connectivity index (χ0n) is 10.9. The van der Waals surface area contributed by atoms with Crippen molar-refractivity contribution in [2.75, 3.05) is 0 Å². The van der Waals surface area contributed by atoms with Crippen LogP contribution in [0.25, 0.3) is 10.4 Å². The minimum atomic E-state index is -3.41. The molecule has 0 bridgehead atoms. The number of fused-ring (bicyclic) bond motifs is 3. The van der Waals surface area contributed by atoms with Crippen LogP contribution in [0.5, 0.6) is 0 Å². The molecule has 1 aliphatic heterocycles. The molecule has 0 aliphatic carbocycles. The average Bonchev–Trinajstić information content (AvgIpc) is 2.75. The fraction of sp³-hybridized carbons (Fsp3) is 0.214. The molecule has 6 heteroatoms. The largest absolute Gasteiger partial charge is 0.477 e. The van der Waals surface area contributed by atoms with Gasteiger partial charge in [-0.2, -0.15) is 0 Å². The van der Waals surface area contributed by atoms with Gasteiger partial charge in [-0.25, -0.2) is 13.2 Å². The zero-order chi connectivity index (χ0) is 14.7. The number of hydrogen-bond donors (Lipinski definition) is 1. The van der Waals surface area contributed by atoms with Gasteiger partial charge in [0.05, 0.1) is 10.6 Å². The Kier molecular flexibility index (Phi) is 2.78. The molecule has 1 aromatic heterocycles. The first-order valence-electron chi connectivity index (χ1n) is 6.00. The molecule has 104 valence electrons. The van der Waals surface area contributed by atoms with E-state index in [1.165, 1.54) is 6.07 Å². The van der Waals surface area contributed by atoms with Crippen molar-refractivity contribution in [2.45, 2.75) is 24.5 Å². The van der Waals surface area contributed by atoms with Crippen molar-refractivity contribution in [2.24, 2.45) is 0 Å². The molecule has 0 atom stereocenters. The summed E-state index contributed by atoms with van der Waals surface area (Å²) in [7, 11) is -3.41. The summed E-state index contributed by atoms with van der Waals surface area (Å²) in [5.41, 5.74) is 2.83. The van der Waals surface area contributed by atoms with Crippen LogP contribution in [0.1, 0.15) is 26.4 Å². The molecule has 1 aromatic carbocycles. The normalized spacial score (nSPS) is 15.5. The molecule has 1 N–H and O–H groups in total. The summed E-state index contributed by atoms with van der Waals surface area (Å²) in [6, 6.07) is 5.14. The second kappa shape index (κ2) is 4.17. The number of carboxylic acids is 1. The van der Waals surface area contributed by atoms with Gasteiger partial charge in [-0.15, -0.1) is 11.3 Å². The van der Waals surface area contributed by atoms with E-state index in [9.17, 15) is 13.2 Å². The van der Waals surface area contributed by atoms with Crippen molar-refractivity contribution in [3.8, 4) is 10.4 Å². The van der Waals surface area contributed by atoms with Gasteiger partial charge in [-0.1, -0.05) is 12.1 Å². The quantitative estimate of drug-likeness (QED) is 0.879. The van der Waals surface area contributed by atoms with Gasteiger partial charge in [0.2, 0.25) is 0 Å². The Bertz CT molecular complexity index is 844. The van der Waals surface area contributed by atoms with E-state index >= 15 is 0 Å². The first kappa shape index (κ1) is 13.3. The number of rotatable bonds is 1. The monoisotopic (exact) mass is 308 g/mol. The van der Waals surface area contributed by atoms with Crippen molar-refractivity contribution >= 4 is 27.1 Å².